The van der Waals surface area contributed by atoms with Crippen LogP contribution in [0.3, 0.4) is 0 Å². The molecule has 5 nitrogen and oxygen atoms in total. The third kappa shape index (κ3) is 1.86. The molecule has 1 aromatic carbocycles. The Kier molecular flexibility index (Phi) is 2.57. The molecule has 0 amide bonds. The zero-order chi connectivity index (χ0) is 12.4. The van der Waals surface area contributed by atoms with E-state index >= 15 is 0 Å². The highest BCUT2D eigenvalue weighted by Crippen LogP contribution is 2.18. The number of pyridine rings is 1. The molecule has 0 spiro atoms. The SMILES string of the molecule is Cc1ccc(-c2nnnn2-c2ccccn2)cc1. The normalized spacial score (nSPS) is 10.5. The van der Waals surface area contributed by atoms with Crippen LogP contribution in [0.2, 0.25) is 0 Å². The van der Waals surface area contributed by atoms with Gasteiger partial charge in [0.05, 0.1) is 0 Å². The lowest BCUT2D eigenvalue weighted by molar-refractivity contribution is 0.773. The fourth-order valence-electron chi connectivity index (χ4n) is 1.70. The van der Waals surface area contributed by atoms with Gasteiger partial charge in [-0.2, -0.15) is 4.68 Å². The topological polar surface area (TPSA) is 56.5 Å². The van der Waals surface area contributed by atoms with Gasteiger partial charge in [0.2, 0.25) is 0 Å². The lowest BCUT2D eigenvalue weighted by Crippen LogP contribution is -2.01. The van der Waals surface area contributed by atoms with E-state index in [4.69, 9.17) is 0 Å². The van der Waals surface area contributed by atoms with Crippen molar-refractivity contribution >= 4 is 0 Å². The van der Waals surface area contributed by atoms with E-state index in [0.29, 0.717) is 11.6 Å². The van der Waals surface area contributed by atoms with Crippen LogP contribution >= 0.6 is 0 Å². The summed E-state index contributed by atoms with van der Waals surface area (Å²) in [5.41, 5.74) is 2.17. The van der Waals surface area contributed by atoms with Gasteiger partial charge in [0, 0.05) is 11.8 Å². The standard InChI is InChI=1S/C13H11N5/c1-10-5-7-11(8-6-10)13-15-16-17-18(13)12-4-2-3-9-14-12/h2-9H,1H3. The third-order valence-electron chi connectivity index (χ3n) is 2.65. The Hall–Kier alpha value is -2.56. The molecule has 0 bridgehead atoms. The molecule has 2 heterocycles. The van der Waals surface area contributed by atoms with Crippen molar-refractivity contribution < 1.29 is 0 Å². The van der Waals surface area contributed by atoms with E-state index in [1.54, 1.807) is 10.9 Å². The van der Waals surface area contributed by atoms with Crippen molar-refractivity contribution in [1.82, 2.24) is 25.2 Å². The lowest BCUT2D eigenvalue weighted by atomic mass is 10.1. The molecular weight excluding hydrogens is 226 g/mol. The van der Waals surface area contributed by atoms with Gasteiger partial charge in [0.15, 0.2) is 11.6 Å². The zero-order valence-electron chi connectivity index (χ0n) is 9.85. The average molecular weight is 237 g/mol. The van der Waals surface area contributed by atoms with Gasteiger partial charge in [0.25, 0.3) is 0 Å². The number of rotatable bonds is 2. The van der Waals surface area contributed by atoms with Gasteiger partial charge in [-0.15, -0.1) is 5.10 Å². The predicted octanol–water partition coefficient (Wildman–Crippen LogP) is 2.03. The van der Waals surface area contributed by atoms with Gasteiger partial charge in [-0.05, 0) is 29.5 Å². The van der Waals surface area contributed by atoms with Crippen LogP contribution in [-0.4, -0.2) is 25.2 Å². The molecule has 5 heteroatoms. The number of aryl methyl sites for hydroxylation is 1. The van der Waals surface area contributed by atoms with E-state index in [0.717, 1.165) is 5.56 Å². The first-order valence-corrected chi connectivity index (χ1v) is 5.61. The molecule has 0 fully saturated rings. The maximum Gasteiger partial charge on any atom is 0.188 e. The molecule has 0 N–H and O–H groups in total. The smallest absolute Gasteiger partial charge is 0.188 e. The fraction of sp³-hybridized carbons (Fsp3) is 0.0769. The van der Waals surface area contributed by atoms with Crippen molar-refractivity contribution in [2.75, 3.05) is 0 Å². The van der Waals surface area contributed by atoms with Crippen molar-refractivity contribution in [3.8, 4) is 17.2 Å². The predicted molar refractivity (Wildman–Crippen MR) is 67.1 cm³/mol. The summed E-state index contributed by atoms with van der Waals surface area (Å²) < 4.78 is 1.63. The monoisotopic (exact) mass is 237 g/mol. The second-order valence-electron chi connectivity index (χ2n) is 3.97. The van der Waals surface area contributed by atoms with E-state index in [-0.39, 0.29) is 0 Å². The molecule has 0 unspecified atom stereocenters. The Morgan fingerprint density at radius 3 is 2.56 bits per heavy atom. The first-order valence-electron chi connectivity index (χ1n) is 5.61. The third-order valence-corrected chi connectivity index (χ3v) is 2.65. The second kappa shape index (κ2) is 4.37. The van der Waals surface area contributed by atoms with Gasteiger partial charge in [-0.1, -0.05) is 35.9 Å². The number of hydrogen-bond donors (Lipinski definition) is 0. The van der Waals surface area contributed by atoms with Crippen molar-refractivity contribution in [3.05, 3.63) is 54.2 Å². The molecule has 0 aliphatic rings. The molecule has 3 aromatic rings. The van der Waals surface area contributed by atoms with E-state index in [1.165, 1.54) is 5.56 Å². The summed E-state index contributed by atoms with van der Waals surface area (Å²) >= 11 is 0. The lowest BCUT2D eigenvalue weighted by Gasteiger charge is -2.03. The van der Waals surface area contributed by atoms with Crippen molar-refractivity contribution in [2.24, 2.45) is 0 Å². The summed E-state index contributed by atoms with van der Waals surface area (Å²) in [6.07, 6.45) is 1.72. The van der Waals surface area contributed by atoms with Crippen LogP contribution in [0.25, 0.3) is 17.2 Å². The highest BCUT2D eigenvalue weighted by molar-refractivity contribution is 5.56. The molecule has 0 aliphatic heterocycles. The Morgan fingerprint density at radius 2 is 1.83 bits per heavy atom. The van der Waals surface area contributed by atoms with Crippen LogP contribution in [0.15, 0.2) is 48.7 Å². The molecule has 0 atom stereocenters. The van der Waals surface area contributed by atoms with Crippen molar-refractivity contribution in [3.63, 3.8) is 0 Å². The van der Waals surface area contributed by atoms with E-state index in [1.807, 2.05) is 49.4 Å². The fourth-order valence-corrected chi connectivity index (χ4v) is 1.70. The van der Waals surface area contributed by atoms with Gasteiger partial charge in [-0.25, -0.2) is 4.98 Å². The van der Waals surface area contributed by atoms with Crippen LogP contribution < -0.4 is 0 Å². The highest BCUT2D eigenvalue weighted by atomic mass is 15.6. The summed E-state index contributed by atoms with van der Waals surface area (Å²) in [6, 6.07) is 13.7. The van der Waals surface area contributed by atoms with Gasteiger partial charge in [-0.3, -0.25) is 0 Å². The number of aromatic nitrogens is 5. The summed E-state index contributed by atoms with van der Waals surface area (Å²) in [6.45, 7) is 2.05. The maximum absolute atomic E-state index is 4.25. The van der Waals surface area contributed by atoms with Crippen LogP contribution in [0.5, 0.6) is 0 Å². The van der Waals surface area contributed by atoms with Crippen molar-refractivity contribution in [1.29, 1.82) is 0 Å². The number of nitrogens with zero attached hydrogens (tertiary/aromatic N) is 5. The highest BCUT2D eigenvalue weighted by Gasteiger charge is 2.10. The van der Waals surface area contributed by atoms with Crippen molar-refractivity contribution in [2.45, 2.75) is 6.92 Å². The maximum atomic E-state index is 4.25. The van der Waals surface area contributed by atoms with Crippen LogP contribution in [0.1, 0.15) is 5.56 Å². The van der Waals surface area contributed by atoms with Gasteiger partial charge >= 0.3 is 0 Å². The Labute approximate surface area is 104 Å². The molecule has 0 radical (unpaired) electrons. The zero-order valence-corrected chi connectivity index (χ0v) is 9.85. The first-order chi connectivity index (χ1) is 8.84. The minimum atomic E-state index is 0.689. The van der Waals surface area contributed by atoms with E-state index < -0.39 is 0 Å². The molecule has 18 heavy (non-hydrogen) atoms. The quantitative estimate of drug-likeness (QED) is 0.684. The molecule has 2 aromatic heterocycles. The van der Waals surface area contributed by atoms with Gasteiger partial charge < -0.3 is 0 Å². The molecular formula is C13H11N5. The number of hydrogen-bond acceptors (Lipinski definition) is 4. The van der Waals surface area contributed by atoms with E-state index in [9.17, 15) is 0 Å². The molecule has 88 valence electrons. The van der Waals surface area contributed by atoms with Crippen LogP contribution in [-0.2, 0) is 0 Å². The van der Waals surface area contributed by atoms with Gasteiger partial charge in [0.1, 0.15) is 0 Å². The largest absolute Gasteiger partial charge is 0.237 e. The van der Waals surface area contributed by atoms with Crippen LogP contribution in [0.4, 0.5) is 0 Å². The average Bonchev–Trinajstić information content (AvgIpc) is 2.90. The molecule has 3 rings (SSSR count). The summed E-state index contributed by atoms with van der Waals surface area (Å²) in [5.74, 6) is 1.40. The minimum Gasteiger partial charge on any atom is -0.237 e. The summed E-state index contributed by atoms with van der Waals surface area (Å²) in [7, 11) is 0. The second-order valence-corrected chi connectivity index (χ2v) is 3.97. The Morgan fingerprint density at radius 1 is 1.00 bits per heavy atom. The Balaban J connectivity index is 2.10. The summed E-state index contributed by atoms with van der Waals surface area (Å²) in [4.78, 5) is 4.25. The summed E-state index contributed by atoms with van der Waals surface area (Å²) in [5, 5.41) is 11.8. The molecule has 0 saturated carbocycles. The number of benzene rings is 1. The van der Waals surface area contributed by atoms with E-state index in [2.05, 4.69) is 20.5 Å². The molecule has 0 saturated heterocycles. The van der Waals surface area contributed by atoms with Crippen LogP contribution in [0, 0.1) is 6.92 Å². The first kappa shape index (κ1) is 10.6. The minimum absolute atomic E-state index is 0.689. The Bertz CT molecular complexity index is 643. The number of tetrazole rings is 1. The molecule has 0 aliphatic carbocycles.